The number of aliphatic imine (C=N–C) groups is 1. The molecule has 144 valence electrons. The van der Waals surface area contributed by atoms with Crippen LogP contribution in [-0.4, -0.2) is 66.6 Å². The molecule has 1 fully saturated rings. The molecule has 25 heavy (non-hydrogen) atoms. The van der Waals surface area contributed by atoms with Gasteiger partial charge in [-0.25, -0.2) is 0 Å². The molecule has 0 aromatic carbocycles. The molecule has 1 aromatic rings. The topological polar surface area (TPSA) is 57.5 Å². The zero-order valence-corrected chi connectivity index (χ0v) is 16.6. The van der Waals surface area contributed by atoms with Gasteiger partial charge in [-0.15, -0.1) is 24.0 Å². The van der Waals surface area contributed by atoms with Crippen molar-refractivity contribution in [1.29, 1.82) is 0 Å². The van der Waals surface area contributed by atoms with Crippen molar-refractivity contribution < 1.29 is 13.2 Å². The van der Waals surface area contributed by atoms with Crippen molar-refractivity contribution in [3.05, 3.63) is 18.5 Å². The van der Waals surface area contributed by atoms with E-state index in [1.807, 2.05) is 16.9 Å². The minimum absolute atomic E-state index is 0. The molecule has 0 bridgehead atoms. The molecule has 1 saturated heterocycles. The lowest BCUT2D eigenvalue weighted by Crippen LogP contribution is -2.41. The van der Waals surface area contributed by atoms with E-state index in [0.717, 1.165) is 25.9 Å². The fourth-order valence-corrected chi connectivity index (χ4v) is 2.82. The Morgan fingerprint density at radius 2 is 2.16 bits per heavy atom. The molecule has 2 N–H and O–H groups in total. The Balaban J connectivity index is 0.00000312. The summed E-state index contributed by atoms with van der Waals surface area (Å²) in [7, 11) is 1.69. The van der Waals surface area contributed by atoms with Gasteiger partial charge in [0.2, 0.25) is 0 Å². The quantitative estimate of drug-likeness (QED) is 0.275. The monoisotopic (exact) mass is 474 g/mol. The number of rotatable bonds is 7. The van der Waals surface area contributed by atoms with E-state index in [0.29, 0.717) is 25.6 Å². The summed E-state index contributed by atoms with van der Waals surface area (Å²) in [5.74, 6) is 0.903. The molecular weight excluding hydrogens is 448 g/mol. The molecular formula is C15H26F3IN6. The molecule has 1 unspecified atom stereocenters. The average molecular weight is 474 g/mol. The Hall–Kier alpha value is -1.04. The number of nitrogens with one attached hydrogen (secondary N) is 2. The van der Waals surface area contributed by atoms with E-state index in [1.54, 1.807) is 13.2 Å². The first-order chi connectivity index (χ1) is 11.5. The molecule has 0 saturated carbocycles. The predicted molar refractivity (Wildman–Crippen MR) is 102 cm³/mol. The molecule has 2 rings (SSSR count). The molecule has 0 spiro atoms. The third-order valence-electron chi connectivity index (χ3n) is 3.97. The van der Waals surface area contributed by atoms with Crippen LogP contribution in [0.25, 0.3) is 0 Å². The Bertz CT molecular complexity index is 506. The fourth-order valence-electron chi connectivity index (χ4n) is 2.82. The molecule has 2 heterocycles. The van der Waals surface area contributed by atoms with Crippen molar-refractivity contribution in [2.75, 3.05) is 39.8 Å². The first-order valence-electron chi connectivity index (χ1n) is 8.17. The van der Waals surface area contributed by atoms with Gasteiger partial charge in [-0.2, -0.15) is 18.3 Å². The molecule has 10 heteroatoms. The number of aromatic nitrogens is 2. The van der Waals surface area contributed by atoms with Crippen molar-refractivity contribution in [2.24, 2.45) is 10.9 Å². The Labute approximate surface area is 163 Å². The maximum Gasteiger partial charge on any atom is 0.401 e. The molecule has 1 aromatic heterocycles. The molecule has 1 aliphatic heterocycles. The van der Waals surface area contributed by atoms with Crippen LogP contribution in [-0.2, 0) is 6.54 Å². The van der Waals surface area contributed by atoms with E-state index in [9.17, 15) is 13.2 Å². The summed E-state index contributed by atoms with van der Waals surface area (Å²) in [5.41, 5.74) is 0. The molecule has 1 aliphatic rings. The maximum absolute atomic E-state index is 12.4. The number of hydrogen-bond acceptors (Lipinski definition) is 3. The van der Waals surface area contributed by atoms with E-state index in [4.69, 9.17) is 0 Å². The van der Waals surface area contributed by atoms with Gasteiger partial charge in [0, 0.05) is 45.6 Å². The first-order valence-corrected chi connectivity index (χ1v) is 8.17. The van der Waals surface area contributed by atoms with Gasteiger partial charge in [0.25, 0.3) is 0 Å². The standard InChI is InChI=1S/C15H25F3N6.HI/c1-19-14(20-5-2-7-24-8-3-6-22-24)21-10-13-4-9-23(11-13)12-15(16,17)18;/h3,6,8,13H,2,4-5,7,9-12H2,1H3,(H2,19,20,21);1H. The zero-order valence-electron chi connectivity index (χ0n) is 14.3. The number of hydrogen-bond donors (Lipinski definition) is 2. The number of halogens is 4. The van der Waals surface area contributed by atoms with Crippen LogP contribution in [0.4, 0.5) is 13.2 Å². The van der Waals surface area contributed by atoms with Gasteiger partial charge in [-0.1, -0.05) is 0 Å². The van der Waals surface area contributed by atoms with Gasteiger partial charge in [-0.3, -0.25) is 14.6 Å². The lowest BCUT2D eigenvalue weighted by molar-refractivity contribution is -0.143. The highest BCUT2D eigenvalue weighted by Gasteiger charge is 2.34. The smallest absolute Gasteiger partial charge is 0.356 e. The van der Waals surface area contributed by atoms with Gasteiger partial charge < -0.3 is 10.6 Å². The summed E-state index contributed by atoms with van der Waals surface area (Å²) in [6.45, 7) is 2.37. The van der Waals surface area contributed by atoms with Crippen LogP contribution in [0, 0.1) is 5.92 Å². The summed E-state index contributed by atoms with van der Waals surface area (Å²) in [5, 5.41) is 10.5. The highest BCUT2D eigenvalue weighted by atomic mass is 127. The van der Waals surface area contributed by atoms with Crippen molar-refractivity contribution in [3.8, 4) is 0 Å². The third kappa shape index (κ3) is 8.75. The largest absolute Gasteiger partial charge is 0.401 e. The van der Waals surface area contributed by atoms with Crippen LogP contribution >= 0.6 is 24.0 Å². The minimum Gasteiger partial charge on any atom is -0.356 e. The van der Waals surface area contributed by atoms with Crippen molar-refractivity contribution in [3.63, 3.8) is 0 Å². The second-order valence-electron chi connectivity index (χ2n) is 6.01. The Morgan fingerprint density at radius 3 is 2.80 bits per heavy atom. The van der Waals surface area contributed by atoms with Crippen molar-refractivity contribution in [1.82, 2.24) is 25.3 Å². The first kappa shape index (κ1) is 22.0. The lowest BCUT2D eigenvalue weighted by atomic mass is 10.1. The predicted octanol–water partition coefficient (Wildman–Crippen LogP) is 1.94. The highest BCUT2D eigenvalue weighted by Crippen LogP contribution is 2.22. The van der Waals surface area contributed by atoms with E-state index >= 15 is 0 Å². The van der Waals surface area contributed by atoms with Gasteiger partial charge >= 0.3 is 6.18 Å². The van der Waals surface area contributed by atoms with Crippen LogP contribution in [0.1, 0.15) is 12.8 Å². The normalized spacial score (nSPS) is 18.9. The van der Waals surface area contributed by atoms with Crippen LogP contribution in [0.15, 0.2) is 23.5 Å². The number of likely N-dealkylation sites (tertiary alicyclic amines) is 1. The minimum atomic E-state index is -4.12. The van der Waals surface area contributed by atoms with Crippen LogP contribution < -0.4 is 10.6 Å². The molecule has 6 nitrogen and oxygen atoms in total. The van der Waals surface area contributed by atoms with E-state index in [-0.39, 0.29) is 29.9 Å². The highest BCUT2D eigenvalue weighted by molar-refractivity contribution is 14.0. The Morgan fingerprint density at radius 1 is 1.36 bits per heavy atom. The summed E-state index contributed by atoms with van der Waals surface area (Å²) < 4.78 is 39.0. The molecule has 0 aliphatic carbocycles. The molecule has 0 amide bonds. The van der Waals surface area contributed by atoms with Gasteiger partial charge in [-0.05, 0) is 31.4 Å². The Kier molecular flexibility index (Phi) is 9.54. The summed E-state index contributed by atoms with van der Waals surface area (Å²) in [4.78, 5) is 5.61. The fraction of sp³-hybridized carbons (Fsp3) is 0.733. The lowest BCUT2D eigenvalue weighted by Gasteiger charge is -2.18. The van der Waals surface area contributed by atoms with Gasteiger partial charge in [0.15, 0.2) is 5.96 Å². The maximum atomic E-state index is 12.4. The van der Waals surface area contributed by atoms with E-state index < -0.39 is 12.7 Å². The summed E-state index contributed by atoms with van der Waals surface area (Å²) >= 11 is 0. The second kappa shape index (κ2) is 10.8. The summed E-state index contributed by atoms with van der Waals surface area (Å²) in [6, 6.07) is 1.89. The number of nitrogens with zero attached hydrogens (tertiary/aromatic N) is 4. The third-order valence-corrected chi connectivity index (χ3v) is 3.97. The summed E-state index contributed by atoms with van der Waals surface area (Å²) in [6.07, 6.45) is 1.23. The van der Waals surface area contributed by atoms with Crippen LogP contribution in [0.3, 0.4) is 0 Å². The van der Waals surface area contributed by atoms with Crippen LogP contribution in [0.5, 0.6) is 0 Å². The van der Waals surface area contributed by atoms with E-state index in [2.05, 4.69) is 20.7 Å². The number of aryl methyl sites for hydroxylation is 1. The molecule has 1 atom stereocenters. The second-order valence-corrected chi connectivity index (χ2v) is 6.01. The number of guanidine groups is 1. The van der Waals surface area contributed by atoms with Gasteiger partial charge in [0.1, 0.15) is 0 Å². The van der Waals surface area contributed by atoms with E-state index in [1.165, 1.54) is 4.90 Å². The van der Waals surface area contributed by atoms with Crippen molar-refractivity contribution in [2.45, 2.75) is 25.6 Å². The SMILES string of the molecule is CN=C(NCCCn1cccn1)NCC1CCN(CC(F)(F)F)C1.I. The average Bonchev–Trinajstić information content (AvgIpc) is 3.17. The van der Waals surface area contributed by atoms with Crippen LogP contribution in [0.2, 0.25) is 0 Å². The molecule has 0 radical (unpaired) electrons. The number of alkyl halides is 3. The van der Waals surface area contributed by atoms with Crippen molar-refractivity contribution >= 4 is 29.9 Å². The zero-order chi connectivity index (χ0) is 17.4. The van der Waals surface area contributed by atoms with Gasteiger partial charge in [0.05, 0.1) is 6.54 Å².